The van der Waals surface area contributed by atoms with Gasteiger partial charge in [-0.15, -0.1) is 0 Å². The largest absolute Gasteiger partial charge is 0.378 e. The minimum absolute atomic E-state index is 0.470. The Labute approximate surface area is 159 Å². The van der Waals surface area contributed by atoms with E-state index in [2.05, 4.69) is 36.9 Å². The van der Waals surface area contributed by atoms with Crippen molar-refractivity contribution >= 4 is 11.8 Å². The van der Waals surface area contributed by atoms with Crippen LogP contribution in [0.4, 0.5) is 11.8 Å². The van der Waals surface area contributed by atoms with Gasteiger partial charge < -0.3 is 19.1 Å². The number of rotatable bonds is 5. The van der Waals surface area contributed by atoms with E-state index in [1.165, 1.54) is 0 Å². The Bertz CT molecular complexity index is 739. The number of anilines is 2. The number of piperidine rings is 1. The van der Waals surface area contributed by atoms with Gasteiger partial charge in [0.15, 0.2) is 5.82 Å². The molecule has 2 aromatic rings. The lowest BCUT2D eigenvalue weighted by molar-refractivity contribution is 0.122. The molecule has 0 aromatic carbocycles. The average molecular weight is 373 g/mol. The number of nitrogens with zero attached hydrogens (tertiary/aromatic N) is 7. The van der Waals surface area contributed by atoms with Crippen molar-refractivity contribution in [1.29, 1.82) is 0 Å². The van der Waals surface area contributed by atoms with Crippen molar-refractivity contribution in [2.45, 2.75) is 32.4 Å². The van der Waals surface area contributed by atoms with Crippen LogP contribution in [0.15, 0.2) is 16.8 Å². The van der Waals surface area contributed by atoms with Crippen LogP contribution in [-0.2, 0) is 11.3 Å². The second kappa shape index (κ2) is 8.18. The Hall–Kier alpha value is -2.26. The monoisotopic (exact) mass is 373 g/mol. The number of morpholine rings is 1. The average Bonchev–Trinajstić information content (AvgIpc) is 3.13. The second-order valence-corrected chi connectivity index (χ2v) is 7.17. The predicted molar refractivity (Wildman–Crippen MR) is 101 cm³/mol. The van der Waals surface area contributed by atoms with E-state index in [0.717, 1.165) is 70.5 Å². The molecule has 0 N–H and O–H groups in total. The maximum Gasteiger partial charge on any atom is 0.240 e. The molecule has 2 aromatic heterocycles. The normalized spacial score (nSPS) is 19.4. The standard InChI is InChI=1S/C18H27N7O2/c1-14-20-17(27-22-14)13-24-7-4-15(5-8-24)23(2)16-3-6-19-18(21-16)25-9-11-26-12-10-25/h3,6,15H,4-5,7-13H2,1-2H3. The first-order valence-electron chi connectivity index (χ1n) is 9.59. The van der Waals surface area contributed by atoms with Crippen molar-refractivity contribution in [3.05, 3.63) is 24.0 Å². The van der Waals surface area contributed by atoms with Gasteiger partial charge >= 0.3 is 0 Å². The predicted octanol–water partition coefficient (Wildman–Crippen LogP) is 1.11. The van der Waals surface area contributed by atoms with E-state index in [1.54, 1.807) is 0 Å². The number of aromatic nitrogens is 4. The van der Waals surface area contributed by atoms with Gasteiger partial charge in [-0.3, -0.25) is 4.90 Å². The van der Waals surface area contributed by atoms with Crippen molar-refractivity contribution in [2.75, 3.05) is 56.2 Å². The zero-order valence-electron chi connectivity index (χ0n) is 16.0. The van der Waals surface area contributed by atoms with Gasteiger partial charge in [0.1, 0.15) is 5.82 Å². The summed E-state index contributed by atoms with van der Waals surface area (Å²) in [5.41, 5.74) is 0. The molecule has 9 heteroatoms. The Morgan fingerprint density at radius 2 is 1.93 bits per heavy atom. The van der Waals surface area contributed by atoms with Gasteiger partial charge in [-0.2, -0.15) is 9.97 Å². The van der Waals surface area contributed by atoms with Gasteiger partial charge in [-0.25, -0.2) is 4.98 Å². The lowest BCUT2D eigenvalue weighted by atomic mass is 10.0. The van der Waals surface area contributed by atoms with Crippen LogP contribution in [0, 0.1) is 6.92 Å². The second-order valence-electron chi connectivity index (χ2n) is 7.17. The molecule has 2 fully saturated rings. The van der Waals surface area contributed by atoms with Gasteiger partial charge in [0, 0.05) is 45.5 Å². The van der Waals surface area contributed by atoms with Crippen molar-refractivity contribution in [3.63, 3.8) is 0 Å². The highest BCUT2D eigenvalue weighted by atomic mass is 16.5. The summed E-state index contributed by atoms with van der Waals surface area (Å²) in [4.78, 5) is 20.4. The van der Waals surface area contributed by atoms with Crippen LogP contribution in [0.2, 0.25) is 0 Å². The molecule has 0 aliphatic carbocycles. The zero-order chi connectivity index (χ0) is 18.6. The molecule has 0 bridgehead atoms. The number of ether oxygens (including phenoxy) is 1. The molecule has 0 amide bonds. The Morgan fingerprint density at radius 3 is 2.63 bits per heavy atom. The summed E-state index contributed by atoms with van der Waals surface area (Å²) in [5.74, 6) is 3.18. The van der Waals surface area contributed by atoms with E-state index >= 15 is 0 Å². The third-order valence-electron chi connectivity index (χ3n) is 5.32. The minimum atomic E-state index is 0.470. The highest BCUT2D eigenvalue weighted by Crippen LogP contribution is 2.23. The molecular formula is C18H27N7O2. The molecule has 2 saturated heterocycles. The molecule has 0 saturated carbocycles. The lowest BCUT2D eigenvalue weighted by Crippen LogP contribution is -2.43. The van der Waals surface area contributed by atoms with Crippen LogP contribution in [0.3, 0.4) is 0 Å². The molecule has 4 heterocycles. The number of aryl methyl sites for hydroxylation is 1. The Kier molecular flexibility index (Phi) is 5.49. The van der Waals surface area contributed by atoms with E-state index in [9.17, 15) is 0 Å². The molecule has 0 unspecified atom stereocenters. The van der Waals surface area contributed by atoms with Gasteiger partial charge in [-0.1, -0.05) is 5.16 Å². The van der Waals surface area contributed by atoms with Crippen molar-refractivity contribution in [3.8, 4) is 0 Å². The van der Waals surface area contributed by atoms with Crippen LogP contribution in [0.25, 0.3) is 0 Å². The Morgan fingerprint density at radius 1 is 1.15 bits per heavy atom. The van der Waals surface area contributed by atoms with Crippen LogP contribution >= 0.6 is 0 Å². The summed E-state index contributed by atoms with van der Waals surface area (Å²) in [6, 6.07) is 2.47. The highest BCUT2D eigenvalue weighted by Gasteiger charge is 2.25. The number of likely N-dealkylation sites (tertiary alicyclic amines) is 1. The van der Waals surface area contributed by atoms with E-state index in [1.807, 2.05) is 19.2 Å². The minimum Gasteiger partial charge on any atom is -0.378 e. The molecule has 2 aliphatic rings. The maximum absolute atomic E-state index is 5.42. The third-order valence-corrected chi connectivity index (χ3v) is 5.32. The van der Waals surface area contributed by atoms with E-state index < -0.39 is 0 Å². The van der Waals surface area contributed by atoms with E-state index in [0.29, 0.717) is 17.8 Å². The first-order chi connectivity index (χ1) is 13.2. The van der Waals surface area contributed by atoms with Crippen LogP contribution in [-0.4, -0.2) is 77.5 Å². The van der Waals surface area contributed by atoms with Crippen molar-refractivity contribution < 1.29 is 9.26 Å². The molecule has 0 spiro atoms. The maximum atomic E-state index is 5.42. The quantitative estimate of drug-likeness (QED) is 0.765. The molecular weight excluding hydrogens is 346 g/mol. The fourth-order valence-corrected chi connectivity index (χ4v) is 3.70. The molecule has 27 heavy (non-hydrogen) atoms. The number of hydrogen-bond acceptors (Lipinski definition) is 9. The Balaban J connectivity index is 1.34. The number of hydrogen-bond donors (Lipinski definition) is 0. The highest BCUT2D eigenvalue weighted by molar-refractivity contribution is 5.44. The fourth-order valence-electron chi connectivity index (χ4n) is 3.70. The third kappa shape index (κ3) is 4.36. The summed E-state index contributed by atoms with van der Waals surface area (Å²) >= 11 is 0. The summed E-state index contributed by atoms with van der Waals surface area (Å²) in [5, 5.41) is 3.86. The van der Waals surface area contributed by atoms with Gasteiger partial charge in [0.2, 0.25) is 11.8 Å². The summed E-state index contributed by atoms with van der Waals surface area (Å²) in [6.07, 6.45) is 4.03. The van der Waals surface area contributed by atoms with Crippen LogP contribution in [0.5, 0.6) is 0 Å². The molecule has 0 radical (unpaired) electrons. The fraction of sp³-hybridized carbons (Fsp3) is 0.667. The SMILES string of the molecule is Cc1noc(CN2CCC(N(C)c3ccnc(N4CCOCC4)n3)CC2)n1. The van der Waals surface area contributed by atoms with Crippen LogP contribution in [0.1, 0.15) is 24.6 Å². The smallest absolute Gasteiger partial charge is 0.240 e. The molecule has 4 rings (SSSR count). The molecule has 146 valence electrons. The van der Waals surface area contributed by atoms with Gasteiger partial charge in [0.25, 0.3) is 0 Å². The van der Waals surface area contributed by atoms with E-state index in [4.69, 9.17) is 14.2 Å². The van der Waals surface area contributed by atoms with Crippen molar-refractivity contribution in [2.24, 2.45) is 0 Å². The molecule has 9 nitrogen and oxygen atoms in total. The zero-order valence-corrected chi connectivity index (χ0v) is 16.0. The lowest BCUT2D eigenvalue weighted by Gasteiger charge is -2.37. The summed E-state index contributed by atoms with van der Waals surface area (Å²) < 4.78 is 10.7. The van der Waals surface area contributed by atoms with E-state index in [-0.39, 0.29) is 0 Å². The summed E-state index contributed by atoms with van der Waals surface area (Å²) in [6.45, 7) is 7.77. The van der Waals surface area contributed by atoms with Gasteiger partial charge in [-0.05, 0) is 25.8 Å². The van der Waals surface area contributed by atoms with Crippen molar-refractivity contribution in [1.82, 2.24) is 25.0 Å². The first-order valence-corrected chi connectivity index (χ1v) is 9.59. The first kappa shape index (κ1) is 18.1. The molecule has 2 aliphatic heterocycles. The summed E-state index contributed by atoms with van der Waals surface area (Å²) in [7, 11) is 2.13. The molecule has 0 atom stereocenters. The van der Waals surface area contributed by atoms with Gasteiger partial charge in [0.05, 0.1) is 19.8 Å². The van der Waals surface area contributed by atoms with Crippen LogP contribution < -0.4 is 9.80 Å². The topological polar surface area (TPSA) is 83.7 Å².